The van der Waals surface area contributed by atoms with E-state index in [0.29, 0.717) is 12.8 Å². The summed E-state index contributed by atoms with van der Waals surface area (Å²) < 4.78 is 10.6. The van der Waals surface area contributed by atoms with Crippen molar-refractivity contribution in [2.75, 3.05) is 0 Å². The summed E-state index contributed by atoms with van der Waals surface area (Å²) in [5.74, 6) is -0.0965. The summed E-state index contributed by atoms with van der Waals surface area (Å²) in [6, 6.07) is 0. The van der Waals surface area contributed by atoms with Gasteiger partial charge >= 0.3 is 11.9 Å². The lowest BCUT2D eigenvalue weighted by atomic mass is 10.0. The number of carbonyl (C=O) groups excluding carboxylic acids is 2. The number of ether oxygens (including phenoxy) is 2. The second kappa shape index (κ2) is 22.9. The quantitative estimate of drug-likeness (QED) is 0.0938. The van der Waals surface area contributed by atoms with E-state index in [9.17, 15) is 9.59 Å². The van der Waals surface area contributed by atoms with E-state index in [1.807, 2.05) is 27.7 Å². The summed E-state index contributed by atoms with van der Waals surface area (Å²) in [5.41, 5.74) is 0. The molecule has 2 unspecified atom stereocenters. The van der Waals surface area contributed by atoms with Gasteiger partial charge in [-0.2, -0.15) is 0 Å². The number of rotatable bonds is 22. The maximum atomic E-state index is 11.6. The maximum absolute atomic E-state index is 11.6. The van der Waals surface area contributed by atoms with E-state index in [1.165, 1.54) is 57.8 Å². The van der Waals surface area contributed by atoms with Crippen LogP contribution in [0.25, 0.3) is 0 Å². The Hall–Kier alpha value is -1.32. The molecular weight excluding hydrogens is 400 g/mol. The molecule has 0 aromatic rings. The zero-order valence-corrected chi connectivity index (χ0v) is 21.7. The fraction of sp³-hybridized carbons (Fsp3) is 0.857. The molecule has 4 heteroatoms. The highest BCUT2D eigenvalue weighted by Gasteiger charge is 2.07. The Balaban J connectivity index is 3.27. The minimum Gasteiger partial charge on any atom is -0.463 e. The molecule has 0 bridgehead atoms. The average Bonchev–Trinajstić information content (AvgIpc) is 2.77. The number of allylic oxidation sites excluding steroid dienone is 2. The first-order valence-electron chi connectivity index (χ1n) is 13.5. The molecule has 0 aromatic heterocycles. The summed E-state index contributed by atoms with van der Waals surface area (Å²) in [6.07, 6.45) is 24.4. The Morgan fingerprint density at radius 3 is 1.34 bits per heavy atom. The molecule has 0 spiro atoms. The molecule has 0 saturated carbocycles. The van der Waals surface area contributed by atoms with E-state index in [-0.39, 0.29) is 24.1 Å². The molecule has 0 aromatic carbocycles. The van der Waals surface area contributed by atoms with Crippen LogP contribution in [-0.2, 0) is 19.1 Å². The van der Waals surface area contributed by atoms with Gasteiger partial charge in [-0.15, -0.1) is 0 Å². The summed E-state index contributed by atoms with van der Waals surface area (Å²) in [6.45, 7) is 7.96. The summed E-state index contributed by atoms with van der Waals surface area (Å²) in [5, 5.41) is 0. The Morgan fingerprint density at radius 2 is 0.906 bits per heavy atom. The van der Waals surface area contributed by atoms with Crippen molar-refractivity contribution in [2.24, 2.45) is 0 Å². The normalized spacial score (nSPS) is 13.2. The van der Waals surface area contributed by atoms with E-state index in [2.05, 4.69) is 12.2 Å². The maximum Gasteiger partial charge on any atom is 0.306 e. The van der Waals surface area contributed by atoms with Crippen LogP contribution in [0.3, 0.4) is 0 Å². The van der Waals surface area contributed by atoms with Gasteiger partial charge in [0, 0.05) is 12.8 Å². The summed E-state index contributed by atoms with van der Waals surface area (Å²) in [4.78, 5) is 23.2. The third-order valence-electron chi connectivity index (χ3n) is 5.99. The van der Waals surface area contributed by atoms with Gasteiger partial charge in [0.2, 0.25) is 0 Å². The number of hydrogen-bond acceptors (Lipinski definition) is 4. The van der Waals surface area contributed by atoms with Gasteiger partial charge in [0.15, 0.2) is 0 Å². The predicted molar refractivity (Wildman–Crippen MR) is 135 cm³/mol. The summed E-state index contributed by atoms with van der Waals surface area (Å²) >= 11 is 0. The molecule has 0 N–H and O–H groups in total. The second-order valence-electron chi connectivity index (χ2n) is 9.21. The van der Waals surface area contributed by atoms with E-state index >= 15 is 0 Å². The molecule has 0 aliphatic carbocycles. The fourth-order valence-electron chi connectivity index (χ4n) is 3.46. The fourth-order valence-corrected chi connectivity index (χ4v) is 3.46. The van der Waals surface area contributed by atoms with Crippen molar-refractivity contribution >= 4 is 11.9 Å². The van der Waals surface area contributed by atoms with Crippen LogP contribution in [-0.4, -0.2) is 24.1 Å². The van der Waals surface area contributed by atoms with Crippen LogP contribution in [0.1, 0.15) is 143 Å². The van der Waals surface area contributed by atoms with Gasteiger partial charge in [0.25, 0.3) is 0 Å². The van der Waals surface area contributed by atoms with Crippen molar-refractivity contribution in [1.29, 1.82) is 0 Å². The Labute approximate surface area is 198 Å². The van der Waals surface area contributed by atoms with Crippen molar-refractivity contribution in [3.05, 3.63) is 12.2 Å². The van der Waals surface area contributed by atoms with Gasteiger partial charge in [0.1, 0.15) is 0 Å². The van der Waals surface area contributed by atoms with Gasteiger partial charge in [-0.1, -0.05) is 83.8 Å². The van der Waals surface area contributed by atoms with Crippen LogP contribution in [0.5, 0.6) is 0 Å². The molecule has 0 fully saturated rings. The SMILES string of the molecule is CCC(C)OC(=O)CCC/C=C/CCCCCCCCCCCCCC(=O)OC(C)CC. The highest BCUT2D eigenvalue weighted by atomic mass is 16.5. The predicted octanol–water partition coefficient (Wildman–Crippen LogP) is 8.47. The van der Waals surface area contributed by atoms with Gasteiger partial charge in [-0.25, -0.2) is 0 Å². The van der Waals surface area contributed by atoms with E-state index < -0.39 is 0 Å². The van der Waals surface area contributed by atoms with Crippen molar-refractivity contribution in [2.45, 2.75) is 155 Å². The number of hydrogen-bond donors (Lipinski definition) is 0. The van der Waals surface area contributed by atoms with Gasteiger partial charge < -0.3 is 9.47 Å². The average molecular weight is 453 g/mol. The summed E-state index contributed by atoms with van der Waals surface area (Å²) in [7, 11) is 0. The molecule has 0 aliphatic rings. The minimum absolute atomic E-state index is 0.0334. The smallest absolute Gasteiger partial charge is 0.306 e. The van der Waals surface area contributed by atoms with Crippen molar-refractivity contribution < 1.29 is 19.1 Å². The molecule has 188 valence electrons. The molecule has 4 nitrogen and oxygen atoms in total. The molecule has 2 atom stereocenters. The van der Waals surface area contributed by atoms with Crippen molar-refractivity contribution in [1.82, 2.24) is 0 Å². The van der Waals surface area contributed by atoms with Crippen LogP contribution >= 0.6 is 0 Å². The molecular formula is C28H52O4. The second-order valence-corrected chi connectivity index (χ2v) is 9.21. The number of esters is 2. The third kappa shape index (κ3) is 21.9. The van der Waals surface area contributed by atoms with E-state index in [4.69, 9.17) is 9.47 Å². The van der Waals surface area contributed by atoms with Crippen LogP contribution in [0, 0.1) is 0 Å². The van der Waals surface area contributed by atoms with Crippen molar-refractivity contribution in [3.63, 3.8) is 0 Å². The molecule has 0 amide bonds. The largest absolute Gasteiger partial charge is 0.463 e. The number of unbranched alkanes of at least 4 members (excludes halogenated alkanes) is 12. The molecule has 0 rings (SSSR count). The first-order chi connectivity index (χ1) is 15.5. The molecule has 0 saturated heterocycles. The van der Waals surface area contributed by atoms with Gasteiger partial charge in [0.05, 0.1) is 12.2 Å². The lowest BCUT2D eigenvalue weighted by Gasteiger charge is -2.10. The molecule has 32 heavy (non-hydrogen) atoms. The van der Waals surface area contributed by atoms with E-state index in [0.717, 1.165) is 44.9 Å². The lowest BCUT2D eigenvalue weighted by Crippen LogP contribution is -2.13. The lowest BCUT2D eigenvalue weighted by molar-refractivity contribution is -0.149. The van der Waals surface area contributed by atoms with Gasteiger partial charge in [-0.05, 0) is 58.8 Å². The topological polar surface area (TPSA) is 52.6 Å². The van der Waals surface area contributed by atoms with Crippen LogP contribution in [0.15, 0.2) is 12.2 Å². The Bertz CT molecular complexity index is 472. The van der Waals surface area contributed by atoms with E-state index in [1.54, 1.807) is 0 Å². The van der Waals surface area contributed by atoms with Crippen molar-refractivity contribution in [3.8, 4) is 0 Å². The third-order valence-corrected chi connectivity index (χ3v) is 5.99. The highest BCUT2D eigenvalue weighted by molar-refractivity contribution is 5.69. The zero-order valence-electron chi connectivity index (χ0n) is 21.7. The highest BCUT2D eigenvalue weighted by Crippen LogP contribution is 2.13. The zero-order chi connectivity index (χ0) is 23.9. The van der Waals surface area contributed by atoms with Crippen LogP contribution < -0.4 is 0 Å². The first-order valence-corrected chi connectivity index (χ1v) is 13.5. The molecule has 0 radical (unpaired) electrons. The Kier molecular flexibility index (Phi) is 21.9. The van der Waals surface area contributed by atoms with Gasteiger partial charge in [-0.3, -0.25) is 9.59 Å². The Morgan fingerprint density at radius 1 is 0.562 bits per heavy atom. The minimum atomic E-state index is -0.0631. The number of carbonyl (C=O) groups is 2. The molecule has 0 aliphatic heterocycles. The standard InChI is InChI=1S/C28H52O4/c1-5-25(3)31-27(29)23-21-19-17-15-13-11-9-7-8-10-12-14-16-18-20-22-24-28(30)32-26(4)6-2/h15,17,25-26H,5-14,16,18-24H2,1-4H3/b17-15+. The molecule has 0 heterocycles. The van der Waals surface area contributed by atoms with Crippen LogP contribution in [0.2, 0.25) is 0 Å². The van der Waals surface area contributed by atoms with Crippen LogP contribution in [0.4, 0.5) is 0 Å². The monoisotopic (exact) mass is 452 g/mol. The first kappa shape index (κ1) is 30.7.